The Bertz CT molecular complexity index is 286. The molecular weight excluding hydrogens is 227 g/mol. The van der Waals surface area contributed by atoms with Gasteiger partial charge in [-0.2, -0.15) is 0 Å². The van der Waals surface area contributed by atoms with Crippen LogP contribution in [0.15, 0.2) is 0 Å². The Morgan fingerprint density at radius 1 is 1.42 bits per heavy atom. The molecule has 12 heavy (non-hydrogen) atoms. The SMILES string of the molecule is O=C(Cl)O[C@@H]1CS(=O)(=O)C[C@H]1Cl. The van der Waals surface area contributed by atoms with E-state index in [0.717, 1.165) is 0 Å². The van der Waals surface area contributed by atoms with Gasteiger partial charge in [-0.15, -0.1) is 11.6 Å². The highest BCUT2D eigenvalue weighted by Crippen LogP contribution is 2.21. The van der Waals surface area contributed by atoms with Crippen LogP contribution < -0.4 is 0 Å². The highest BCUT2D eigenvalue weighted by atomic mass is 35.5. The zero-order valence-electron chi connectivity index (χ0n) is 5.87. The van der Waals surface area contributed by atoms with Crippen molar-refractivity contribution in [3.05, 3.63) is 0 Å². The lowest BCUT2D eigenvalue weighted by molar-refractivity contribution is 0.136. The smallest absolute Gasteiger partial charge is 0.404 e. The van der Waals surface area contributed by atoms with E-state index in [2.05, 4.69) is 4.74 Å². The molecule has 7 heteroatoms. The van der Waals surface area contributed by atoms with Crippen LogP contribution in [-0.4, -0.2) is 36.8 Å². The molecule has 1 fully saturated rings. The highest BCUT2D eigenvalue weighted by Gasteiger charge is 2.38. The molecule has 70 valence electrons. The number of ether oxygens (including phenoxy) is 1. The van der Waals surface area contributed by atoms with Crippen LogP contribution in [-0.2, 0) is 14.6 Å². The molecule has 2 atom stereocenters. The van der Waals surface area contributed by atoms with Crippen molar-refractivity contribution in [2.45, 2.75) is 11.5 Å². The number of rotatable bonds is 1. The van der Waals surface area contributed by atoms with Gasteiger partial charge in [0.1, 0.15) is 6.10 Å². The molecule has 4 nitrogen and oxygen atoms in total. The van der Waals surface area contributed by atoms with Gasteiger partial charge >= 0.3 is 5.43 Å². The van der Waals surface area contributed by atoms with Gasteiger partial charge in [-0.05, 0) is 0 Å². The van der Waals surface area contributed by atoms with E-state index >= 15 is 0 Å². The monoisotopic (exact) mass is 232 g/mol. The molecule has 0 aromatic carbocycles. The van der Waals surface area contributed by atoms with E-state index in [1.807, 2.05) is 0 Å². The number of carbonyl (C=O) groups excluding carboxylic acids is 1. The molecule has 0 N–H and O–H groups in total. The molecule has 0 spiro atoms. The molecule has 1 saturated heterocycles. The number of alkyl halides is 1. The van der Waals surface area contributed by atoms with Gasteiger partial charge in [0.25, 0.3) is 0 Å². The predicted molar refractivity (Wildman–Crippen MR) is 44.4 cm³/mol. The minimum atomic E-state index is -3.16. The van der Waals surface area contributed by atoms with E-state index in [4.69, 9.17) is 23.2 Å². The van der Waals surface area contributed by atoms with E-state index in [1.54, 1.807) is 0 Å². The van der Waals surface area contributed by atoms with Crippen molar-refractivity contribution in [1.82, 2.24) is 0 Å². The van der Waals surface area contributed by atoms with E-state index in [1.165, 1.54) is 0 Å². The summed E-state index contributed by atoms with van der Waals surface area (Å²) < 4.78 is 26.3. The molecule has 0 radical (unpaired) electrons. The minimum Gasteiger partial charge on any atom is -0.448 e. The van der Waals surface area contributed by atoms with Crippen LogP contribution in [0.2, 0.25) is 0 Å². The quantitative estimate of drug-likeness (QED) is 0.495. The number of halogens is 2. The summed E-state index contributed by atoms with van der Waals surface area (Å²) in [7, 11) is -3.16. The molecule has 0 aromatic heterocycles. The lowest BCUT2D eigenvalue weighted by Crippen LogP contribution is -2.23. The molecule has 0 saturated carbocycles. The van der Waals surface area contributed by atoms with Crippen LogP contribution >= 0.6 is 23.2 Å². The third-order valence-corrected chi connectivity index (χ3v) is 3.89. The van der Waals surface area contributed by atoms with Crippen molar-refractivity contribution in [3.8, 4) is 0 Å². The summed E-state index contributed by atoms with van der Waals surface area (Å²) in [4.78, 5) is 10.2. The molecule has 1 aliphatic rings. The summed E-state index contributed by atoms with van der Waals surface area (Å²) in [5.41, 5.74) is -1.03. The number of carbonyl (C=O) groups is 1. The number of hydrogen-bond donors (Lipinski definition) is 0. The van der Waals surface area contributed by atoms with E-state index in [0.29, 0.717) is 0 Å². The third-order valence-electron chi connectivity index (χ3n) is 1.48. The van der Waals surface area contributed by atoms with Crippen LogP contribution in [0.3, 0.4) is 0 Å². The minimum absolute atomic E-state index is 0.163. The van der Waals surface area contributed by atoms with Gasteiger partial charge in [-0.1, -0.05) is 0 Å². The van der Waals surface area contributed by atoms with Crippen molar-refractivity contribution in [3.63, 3.8) is 0 Å². The Balaban J connectivity index is 2.64. The molecule has 1 aliphatic heterocycles. The Morgan fingerprint density at radius 2 is 2.00 bits per heavy atom. The van der Waals surface area contributed by atoms with Gasteiger partial charge in [0.2, 0.25) is 0 Å². The van der Waals surface area contributed by atoms with Crippen LogP contribution in [0, 0.1) is 0 Å². The molecule has 1 heterocycles. The summed E-state index contributed by atoms with van der Waals surface area (Å²) in [6.45, 7) is 0. The Labute approximate surface area is 79.7 Å². The summed E-state index contributed by atoms with van der Waals surface area (Å²) in [6, 6.07) is 0. The first-order valence-electron chi connectivity index (χ1n) is 3.11. The number of sulfone groups is 1. The van der Waals surface area contributed by atoms with Crippen molar-refractivity contribution in [1.29, 1.82) is 0 Å². The first-order valence-corrected chi connectivity index (χ1v) is 5.75. The fraction of sp³-hybridized carbons (Fsp3) is 0.800. The van der Waals surface area contributed by atoms with E-state index < -0.39 is 26.7 Å². The van der Waals surface area contributed by atoms with Crippen molar-refractivity contribution in [2.75, 3.05) is 11.5 Å². The first kappa shape index (κ1) is 10.1. The summed E-state index contributed by atoms with van der Waals surface area (Å²) in [5.74, 6) is -0.400. The second-order valence-electron chi connectivity index (χ2n) is 2.49. The maximum atomic E-state index is 10.9. The lowest BCUT2D eigenvalue weighted by Gasteiger charge is -2.09. The fourth-order valence-corrected chi connectivity index (χ4v) is 3.57. The Kier molecular flexibility index (Phi) is 2.85. The van der Waals surface area contributed by atoms with Crippen molar-refractivity contribution in [2.24, 2.45) is 0 Å². The number of hydrogen-bond acceptors (Lipinski definition) is 4. The Hall–Kier alpha value is -0.000000000000000111. The lowest BCUT2D eigenvalue weighted by atomic mass is 10.3. The van der Waals surface area contributed by atoms with E-state index in [9.17, 15) is 13.2 Å². The molecule has 0 bridgehead atoms. The molecule has 0 unspecified atom stereocenters. The van der Waals surface area contributed by atoms with Gasteiger partial charge in [0.05, 0.1) is 16.9 Å². The molecule has 0 amide bonds. The van der Waals surface area contributed by atoms with Gasteiger partial charge in [-0.25, -0.2) is 13.2 Å². The zero-order valence-corrected chi connectivity index (χ0v) is 8.19. The molecular formula is C5H6Cl2O4S. The van der Waals surface area contributed by atoms with Crippen LogP contribution in [0.4, 0.5) is 4.79 Å². The standard InChI is InChI=1S/C5H6Cl2O4S/c6-3-1-12(9,10)2-4(3)11-5(7)8/h3-4H,1-2H2/t3-,4-/m1/s1. The van der Waals surface area contributed by atoms with Gasteiger partial charge < -0.3 is 4.74 Å². The topological polar surface area (TPSA) is 60.4 Å². The van der Waals surface area contributed by atoms with Gasteiger partial charge in [-0.3, -0.25) is 0 Å². The van der Waals surface area contributed by atoms with Crippen LogP contribution in [0.1, 0.15) is 0 Å². The van der Waals surface area contributed by atoms with E-state index in [-0.39, 0.29) is 11.5 Å². The van der Waals surface area contributed by atoms with Gasteiger partial charge in [0, 0.05) is 11.6 Å². The molecule has 0 aromatic rings. The average molecular weight is 233 g/mol. The van der Waals surface area contributed by atoms with Gasteiger partial charge in [0.15, 0.2) is 9.84 Å². The van der Waals surface area contributed by atoms with Crippen molar-refractivity contribution < 1.29 is 17.9 Å². The summed E-state index contributed by atoms with van der Waals surface area (Å²) >= 11 is 10.5. The van der Waals surface area contributed by atoms with Crippen LogP contribution in [0.5, 0.6) is 0 Å². The normalized spacial score (nSPS) is 33.2. The predicted octanol–water partition coefficient (Wildman–Crippen LogP) is 0.766. The zero-order chi connectivity index (χ0) is 9.35. The fourth-order valence-electron chi connectivity index (χ4n) is 1.000. The molecule has 1 rings (SSSR count). The Morgan fingerprint density at radius 3 is 2.33 bits per heavy atom. The van der Waals surface area contributed by atoms with Crippen LogP contribution in [0.25, 0.3) is 0 Å². The second kappa shape index (κ2) is 3.40. The van der Waals surface area contributed by atoms with Crippen molar-refractivity contribution >= 4 is 38.5 Å². The molecule has 0 aliphatic carbocycles. The summed E-state index contributed by atoms with van der Waals surface area (Å²) in [6.07, 6.45) is -0.804. The second-order valence-corrected chi connectivity index (χ2v) is 5.51. The first-order chi connectivity index (χ1) is 5.41. The highest BCUT2D eigenvalue weighted by molar-refractivity contribution is 7.91. The average Bonchev–Trinajstić information content (AvgIpc) is 2.03. The maximum absolute atomic E-state index is 10.9. The third kappa shape index (κ3) is 2.50. The maximum Gasteiger partial charge on any atom is 0.404 e. The largest absolute Gasteiger partial charge is 0.448 e. The summed E-state index contributed by atoms with van der Waals surface area (Å²) in [5, 5.41) is -0.683.